The molecule has 0 aliphatic carbocycles. The molecule has 0 bridgehead atoms. The minimum Gasteiger partial charge on any atom is -0.472 e. The molecular weight excluding hydrogens is 308 g/mol. The molecule has 0 unspecified atom stereocenters. The van der Waals surface area contributed by atoms with Crippen molar-refractivity contribution in [2.75, 3.05) is 32.8 Å². The van der Waals surface area contributed by atoms with Crippen molar-refractivity contribution in [1.29, 1.82) is 0 Å². The topological polar surface area (TPSA) is 59.1 Å². The minimum absolute atomic E-state index is 0.0370. The molecule has 2 atom stereocenters. The number of rotatable bonds is 3. The van der Waals surface area contributed by atoms with Gasteiger partial charge in [-0.25, -0.2) is 0 Å². The van der Waals surface area contributed by atoms with E-state index in [-0.39, 0.29) is 12.0 Å². The molecule has 0 saturated carbocycles. The first-order valence-corrected chi connectivity index (χ1v) is 8.47. The highest BCUT2D eigenvalue weighted by Gasteiger charge is 2.35. The molecule has 24 heavy (non-hydrogen) atoms. The lowest BCUT2D eigenvalue weighted by Crippen LogP contribution is -2.47. The number of furan rings is 2. The van der Waals surface area contributed by atoms with Gasteiger partial charge in [-0.05, 0) is 31.2 Å². The zero-order chi connectivity index (χ0) is 16.4. The van der Waals surface area contributed by atoms with Crippen LogP contribution in [0, 0.1) is 5.92 Å². The molecule has 0 aromatic carbocycles. The Bertz CT molecular complexity index is 653. The molecule has 2 aromatic heterocycles. The molecule has 128 valence electrons. The highest BCUT2D eigenvalue weighted by Crippen LogP contribution is 2.26. The number of piperidine rings is 1. The van der Waals surface area contributed by atoms with Crippen LogP contribution in [0.5, 0.6) is 0 Å². The van der Waals surface area contributed by atoms with Crippen LogP contribution in [0.4, 0.5) is 0 Å². The molecule has 6 nitrogen and oxygen atoms in total. The minimum atomic E-state index is -0.0370. The van der Waals surface area contributed by atoms with Crippen LogP contribution in [-0.4, -0.2) is 54.6 Å². The van der Waals surface area contributed by atoms with Gasteiger partial charge in [-0.2, -0.15) is 0 Å². The van der Waals surface area contributed by atoms with Crippen molar-refractivity contribution in [3.8, 4) is 0 Å². The van der Waals surface area contributed by atoms with E-state index in [4.69, 9.17) is 13.6 Å². The van der Waals surface area contributed by atoms with E-state index in [0.29, 0.717) is 24.8 Å². The van der Waals surface area contributed by atoms with Gasteiger partial charge in [0.05, 0.1) is 31.5 Å². The van der Waals surface area contributed by atoms with Crippen molar-refractivity contribution in [2.45, 2.75) is 19.1 Å². The maximum Gasteiger partial charge on any atom is 0.289 e. The summed E-state index contributed by atoms with van der Waals surface area (Å²) in [6.45, 7) is 4.74. The van der Waals surface area contributed by atoms with Crippen molar-refractivity contribution in [1.82, 2.24) is 9.80 Å². The maximum atomic E-state index is 12.5. The van der Waals surface area contributed by atoms with E-state index in [9.17, 15) is 4.79 Å². The number of carbonyl (C=O) groups excluding carboxylic acids is 1. The third kappa shape index (κ3) is 3.25. The van der Waals surface area contributed by atoms with Gasteiger partial charge < -0.3 is 18.5 Å². The SMILES string of the molecule is O=C(c1ccco1)N1CCO[C@@H]2CN(Cc3ccoc3)CC[C@@H]2C1. The second-order valence-electron chi connectivity index (χ2n) is 6.55. The number of likely N-dealkylation sites (tertiary alicyclic amines) is 1. The first-order chi connectivity index (χ1) is 11.8. The molecule has 2 aliphatic heterocycles. The fourth-order valence-electron chi connectivity index (χ4n) is 3.64. The van der Waals surface area contributed by atoms with Crippen molar-refractivity contribution < 1.29 is 18.4 Å². The Labute approximate surface area is 141 Å². The normalized spacial score (nSPS) is 25.2. The number of hydrogen-bond donors (Lipinski definition) is 0. The first kappa shape index (κ1) is 15.5. The molecular formula is C18H22N2O4. The van der Waals surface area contributed by atoms with E-state index < -0.39 is 0 Å². The molecule has 2 fully saturated rings. The summed E-state index contributed by atoms with van der Waals surface area (Å²) >= 11 is 0. The molecule has 0 N–H and O–H groups in total. The zero-order valence-electron chi connectivity index (χ0n) is 13.6. The van der Waals surface area contributed by atoms with Gasteiger partial charge in [-0.1, -0.05) is 0 Å². The fraction of sp³-hybridized carbons (Fsp3) is 0.500. The highest BCUT2D eigenvalue weighted by atomic mass is 16.5. The van der Waals surface area contributed by atoms with Gasteiger partial charge in [0.1, 0.15) is 0 Å². The predicted molar refractivity (Wildman–Crippen MR) is 86.4 cm³/mol. The van der Waals surface area contributed by atoms with Crippen LogP contribution in [-0.2, 0) is 11.3 Å². The zero-order valence-corrected chi connectivity index (χ0v) is 13.6. The summed E-state index contributed by atoms with van der Waals surface area (Å²) in [4.78, 5) is 16.8. The van der Waals surface area contributed by atoms with Crippen LogP contribution in [0.1, 0.15) is 22.5 Å². The molecule has 0 radical (unpaired) electrons. The molecule has 0 spiro atoms. The monoisotopic (exact) mass is 330 g/mol. The highest BCUT2D eigenvalue weighted by molar-refractivity contribution is 5.91. The average molecular weight is 330 g/mol. The summed E-state index contributed by atoms with van der Waals surface area (Å²) in [5.41, 5.74) is 1.19. The molecule has 4 heterocycles. The maximum absolute atomic E-state index is 12.5. The van der Waals surface area contributed by atoms with Gasteiger partial charge >= 0.3 is 0 Å². The van der Waals surface area contributed by atoms with E-state index in [2.05, 4.69) is 4.90 Å². The number of carbonyl (C=O) groups is 1. The Morgan fingerprint density at radius 1 is 1.21 bits per heavy atom. The summed E-state index contributed by atoms with van der Waals surface area (Å²) < 4.78 is 16.5. The van der Waals surface area contributed by atoms with Crippen LogP contribution >= 0.6 is 0 Å². The van der Waals surface area contributed by atoms with E-state index in [1.54, 1.807) is 30.9 Å². The average Bonchev–Trinajstić information content (AvgIpc) is 3.25. The van der Waals surface area contributed by atoms with Crippen molar-refractivity contribution in [3.05, 3.63) is 48.3 Å². The summed E-state index contributed by atoms with van der Waals surface area (Å²) in [7, 11) is 0. The summed E-state index contributed by atoms with van der Waals surface area (Å²) in [6, 6.07) is 5.47. The third-order valence-electron chi connectivity index (χ3n) is 4.93. The Morgan fingerprint density at radius 3 is 2.96 bits per heavy atom. The number of fused-ring (bicyclic) bond motifs is 1. The van der Waals surface area contributed by atoms with Gasteiger partial charge in [0.15, 0.2) is 5.76 Å². The van der Waals surface area contributed by atoms with Crippen molar-refractivity contribution >= 4 is 5.91 Å². The van der Waals surface area contributed by atoms with Gasteiger partial charge in [0, 0.05) is 37.7 Å². The lowest BCUT2D eigenvalue weighted by Gasteiger charge is -2.37. The molecule has 2 saturated heterocycles. The van der Waals surface area contributed by atoms with Gasteiger partial charge in [0.25, 0.3) is 5.91 Å². The van der Waals surface area contributed by atoms with Crippen molar-refractivity contribution in [3.63, 3.8) is 0 Å². The fourth-order valence-corrected chi connectivity index (χ4v) is 3.64. The van der Waals surface area contributed by atoms with E-state index in [0.717, 1.165) is 32.6 Å². The molecule has 4 rings (SSSR count). The quantitative estimate of drug-likeness (QED) is 0.864. The standard InChI is InChI=1S/C18H22N2O4/c21-18(16-2-1-7-23-16)20-6-9-24-17-12-19(5-3-15(17)11-20)10-14-4-8-22-13-14/h1-2,4,7-8,13,15,17H,3,5-6,9-12H2/t15-,17-/m1/s1. The number of nitrogens with zero attached hydrogens (tertiary/aromatic N) is 2. The van der Waals surface area contributed by atoms with E-state index in [1.165, 1.54) is 5.56 Å². The first-order valence-electron chi connectivity index (χ1n) is 8.47. The van der Waals surface area contributed by atoms with Gasteiger partial charge in [-0.3, -0.25) is 9.69 Å². The smallest absolute Gasteiger partial charge is 0.289 e. The number of ether oxygens (including phenoxy) is 1. The third-order valence-corrected chi connectivity index (χ3v) is 4.93. The lowest BCUT2D eigenvalue weighted by molar-refractivity contribution is -0.0241. The van der Waals surface area contributed by atoms with Crippen LogP contribution in [0.15, 0.2) is 45.8 Å². The van der Waals surface area contributed by atoms with Crippen LogP contribution in [0.3, 0.4) is 0 Å². The van der Waals surface area contributed by atoms with Crippen LogP contribution in [0.25, 0.3) is 0 Å². The number of hydrogen-bond acceptors (Lipinski definition) is 5. The molecule has 2 aromatic rings. The van der Waals surface area contributed by atoms with Crippen molar-refractivity contribution in [2.24, 2.45) is 5.92 Å². The van der Waals surface area contributed by atoms with Crippen LogP contribution in [0.2, 0.25) is 0 Å². The molecule has 6 heteroatoms. The van der Waals surface area contributed by atoms with Gasteiger partial charge in [-0.15, -0.1) is 0 Å². The second-order valence-corrected chi connectivity index (χ2v) is 6.55. The number of amides is 1. The van der Waals surface area contributed by atoms with Gasteiger partial charge in [0.2, 0.25) is 0 Å². The summed E-state index contributed by atoms with van der Waals surface area (Å²) in [6.07, 6.45) is 6.26. The summed E-state index contributed by atoms with van der Waals surface area (Å²) in [5, 5.41) is 0. The Morgan fingerprint density at radius 2 is 2.17 bits per heavy atom. The van der Waals surface area contributed by atoms with E-state index in [1.807, 2.05) is 11.0 Å². The molecule has 1 amide bonds. The Kier molecular flexibility index (Phi) is 4.40. The summed E-state index contributed by atoms with van der Waals surface area (Å²) in [5.74, 6) is 0.753. The van der Waals surface area contributed by atoms with Crippen LogP contribution < -0.4 is 0 Å². The second kappa shape index (κ2) is 6.83. The Balaban J connectivity index is 1.38. The largest absolute Gasteiger partial charge is 0.472 e. The molecule has 2 aliphatic rings. The lowest BCUT2D eigenvalue weighted by atomic mass is 9.93. The Hall–Kier alpha value is -2.05. The van der Waals surface area contributed by atoms with E-state index >= 15 is 0 Å². The predicted octanol–water partition coefficient (Wildman–Crippen LogP) is 2.24.